The number of carbonyl (C=O) groups excluding carboxylic acids is 2. The van der Waals surface area contributed by atoms with E-state index in [2.05, 4.69) is 15.5 Å². The molecule has 1 aromatic rings. The number of rotatable bonds is 5. The van der Waals surface area contributed by atoms with Crippen LogP contribution in [0.5, 0.6) is 5.75 Å². The van der Waals surface area contributed by atoms with Crippen LogP contribution in [0.1, 0.15) is 6.42 Å². The molecule has 1 saturated heterocycles. The lowest BCUT2D eigenvalue weighted by atomic mass is 10.3. The van der Waals surface area contributed by atoms with Crippen molar-refractivity contribution in [3.05, 3.63) is 24.3 Å². The maximum atomic E-state index is 11.7. The number of morpholine rings is 1. The van der Waals surface area contributed by atoms with Gasteiger partial charge in [-0.25, -0.2) is 0 Å². The molecule has 3 N–H and O–H groups in total. The fourth-order valence-corrected chi connectivity index (χ4v) is 2.14. The molecule has 1 heterocycles. The summed E-state index contributed by atoms with van der Waals surface area (Å²) in [4.78, 5) is 25.6. The van der Waals surface area contributed by atoms with Crippen molar-refractivity contribution in [2.75, 3.05) is 44.7 Å². The van der Waals surface area contributed by atoms with E-state index in [1.807, 2.05) is 0 Å². The first-order valence-electron chi connectivity index (χ1n) is 7.33. The van der Waals surface area contributed by atoms with Gasteiger partial charge in [0.2, 0.25) is 0 Å². The maximum absolute atomic E-state index is 11.7. The molecule has 22 heavy (non-hydrogen) atoms. The number of nitrogens with one attached hydrogen (secondary N) is 2. The molecule has 1 aliphatic rings. The first kappa shape index (κ1) is 16.3. The first-order chi connectivity index (χ1) is 10.6. The molecule has 1 aliphatic heterocycles. The highest BCUT2D eigenvalue weighted by molar-refractivity contribution is 6.39. The lowest BCUT2D eigenvalue weighted by Crippen LogP contribution is -2.39. The van der Waals surface area contributed by atoms with Crippen molar-refractivity contribution in [1.82, 2.24) is 10.2 Å². The predicted octanol–water partition coefficient (Wildman–Crippen LogP) is 0.169. The van der Waals surface area contributed by atoms with Crippen LogP contribution in [0.3, 0.4) is 0 Å². The van der Waals surface area contributed by atoms with Crippen LogP contribution in [0.2, 0.25) is 0 Å². The number of nitrogens with zero attached hydrogens (tertiary/aromatic N) is 1. The van der Waals surface area contributed by atoms with Crippen molar-refractivity contribution in [2.24, 2.45) is 0 Å². The molecule has 0 saturated carbocycles. The van der Waals surface area contributed by atoms with E-state index >= 15 is 0 Å². The van der Waals surface area contributed by atoms with Crippen molar-refractivity contribution in [3.63, 3.8) is 0 Å². The van der Waals surface area contributed by atoms with Gasteiger partial charge < -0.3 is 20.5 Å². The normalized spacial score (nSPS) is 15.3. The van der Waals surface area contributed by atoms with Crippen molar-refractivity contribution >= 4 is 17.5 Å². The minimum absolute atomic E-state index is 0.102. The minimum atomic E-state index is -0.711. The molecule has 2 amide bonds. The highest BCUT2D eigenvalue weighted by Gasteiger charge is 2.14. The first-order valence-corrected chi connectivity index (χ1v) is 7.33. The lowest BCUT2D eigenvalue weighted by molar-refractivity contribution is -0.136. The fourth-order valence-electron chi connectivity index (χ4n) is 2.14. The molecular formula is C15H21N3O4. The third-order valence-electron chi connectivity index (χ3n) is 3.37. The molecular weight excluding hydrogens is 286 g/mol. The van der Waals surface area contributed by atoms with Gasteiger partial charge in [0.05, 0.1) is 13.2 Å². The summed E-state index contributed by atoms with van der Waals surface area (Å²) in [5.41, 5.74) is 0.464. The standard InChI is InChI=1S/C15H21N3O4/c19-13-4-2-12(3-5-13)17-15(21)14(20)16-6-1-7-18-8-10-22-11-9-18/h2-5,19H,1,6-11H2,(H,16,20)(H,17,21). The van der Waals surface area contributed by atoms with Gasteiger partial charge in [-0.1, -0.05) is 0 Å². The van der Waals surface area contributed by atoms with Crippen molar-refractivity contribution in [1.29, 1.82) is 0 Å². The number of carbonyl (C=O) groups is 2. The Morgan fingerprint density at radius 1 is 1.14 bits per heavy atom. The highest BCUT2D eigenvalue weighted by Crippen LogP contribution is 2.13. The minimum Gasteiger partial charge on any atom is -0.508 e. The number of benzene rings is 1. The summed E-state index contributed by atoms with van der Waals surface area (Å²) < 4.78 is 5.26. The van der Waals surface area contributed by atoms with Crippen LogP contribution >= 0.6 is 0 Å². The van der Waals surface area contributed by atoms with Gasteiger partial charge in [-0.3, -0.25) is 14.5 Å². The molecule has 0 bridgehead atoms. The van der Waals surface area contributed by atoms with Crippen molar-refractivity contribution in [2.45, 2.75) is 6.42 Å². The Morgan fingerprint density at radius 2 is 1.82 bits per heavy atom. The summed E-state index contributed by atoms with van der Waals surface area (Å²) in [7, 11) is 0. The Morgan fingerprint density at radius 3 is 2.50 bits per heavy atom. The SMILES string of the molecule is O=C(NCCCN1CCOCC1)C(=O)Nc1ccc(O)cc1. The van der Waals surface area contributed by atoms with E-state index in [4.69, 9.17) is 9.84 Å². The van der Waals surface area contributed by atoms with Gasteiger partial charge in [-0.05, 0) is 37.2 Å². The van der Waals surface area contributed by atoms with Gasteiger partial charge >= 0.3 is 11.8 Å². The smallest absolute Gasteiger partial charge is 0.313 e. The predicted molar refractivity (Wildman–Crippen MR) is 81.6 cm³/mol. The van der Waals surface area contributed by atoms with E-state index in [1.165, 1.54) is 24.3 Å². The van der Waals surface area contributed by atoms with Crippen LogP contribution < -0.4 is 10.6 Å². The number of hydrogen-bond donors (Lipinski definition) is 3. The molecule has 0 unspecified atom stereocenters. The molecule has 1 aromatic carbocycles. The van der Waals surface area contributed by atoms with E-state index in [9.17, 15) is 9.59 Å². The van der Waals surface area contributed by atoms with Crippen LogP contribution in [0.4, 0.5) is 5.69 Å². The summed E-state index contributed by atoms with van der Waals surface area (Å²) in [6.45, 7) is 4.66. The van der Waals surface area contributed by atoms with E-state index in [0.717, 1.165) is 39.3 Å². The number of amides is 2. The fraction of sp³-hybridized carbons (Fsp3) is 0.467. The maximum Gasteiger partial charge on any atom is 0.313 e. The molecule has 7 heteroatoms. The quantitative estimate of drug-likeness (QED) is 0.410. The second-order valence-corrected chi connectivity index (χ2v) is 5.06. The molecule has 120 valence electrons. The van der Waals surface area contributed by atoms with Crippen molar-refractivity contribution < 1.29 is 19.4 Å². The van der Waals surface area contributed by atoms with Crippen LogP contribution in [0.15, 0.2) is 24.3 Å². The third kappa shape index (κ3) is 5.34. The summed E-state index contributed by atoms with van der Waals surface area (Å²) in [5, 5.41) is 14.2. The second-order valence-electron chi connectivity index (χ2n) is 5.06. The Hall–Kier alpha value is -2.12. The zero-order chi connectivity index (χ0) is 15.8. The summed E-state index contributed by atoms with van der Waals surface area (Å²) in [5.74, 6) is -1.27. The second kappa shape index (κ2) is 8.35. The molecule has 0 radical (unpaired) electrons. The van der Waals surface area contributed by atoms with Crippen LogP contribution in [-0.2, 0) is 14.3 Å². The Balaban J connectivity index is 1.63. The molecule has 0 aromatic heterocycles. The zero-order valence-corrected chi connectivity index (χ0v) is 12.4. The lowest BCUT2D eigenvalue weighted by Gasteiger charge is -2.26. The van der Waals surface area contributed by atoms with Crippen LogP contribution in [0.25, 0.3) is 0 Å². The average Bonchev–Trinajstić information content (AvgIpc) is 2.54. The Bertz CT molecular complexity index is 498. The number of ether oxygens (including phenoxy) is 1. The van der Waals surface area contributed by atoms with Gasteiger partial charge in [0, 0.05) is 25.3 Å². The van der Waals surface area contributed by atoms with Gasteiger partial charge in [0.25, 0.3) is 0 Å². The third-order valence-corrected chi connectivity index (χ3v) is 3.37. The van der Waals surface area contributed by atoms with E-state index in [0.29, 0.717) is 12.2 Å². The molecule has 0 spiro atoms. The van der Waals surface area contributed by atoms with Crippen LogP contribution in [-0.4, -0.2) is 61.2 Å². The van der Waals surface area contributed by atoms with E-state index < -0.39 is 11.8 Å². The van der Waals surface area contributed by atoms with Gasteiger partial charge in [0.15, 0.2) is 0 Å². The Kier molecular flexibility index (Phi) is 6.17. The van der Waals surface area contributed by atoms with Crippen LogP contribution in [0, 0.1) is 0 Å². The van der Waals surface area contributed by atoms with E-state index in [1.54, 1.807) is 0 Å². The summed E-state index contributed by atoms with van der Waals surface area (Å²) in [6.07, 6.45) is 0.790. The van der Waals surface area contributed by atoms with Gasteiger partial charge in [0.1, 0.15) is 5.75 Å². The monoisotopic (exact) mass is 307 g/mol. The highest BCUT2D eigenvalue weighted by atomic mass is 16.5. The van der Waals surface area contributed by atoms with Gasteiger partial charge in [-0.2, -0.15) is 0 Å². The van der Waals surface area contributed by atoms with E-state index in [-0.39, 0.29) is 5.75 Å². The zero-order valence-electron chi connectivity index (χ0n) is 12.4. The molecule has 1 fully saturated rings. The summed E-state index contributed by atoms with van der Waals surface area (Å²) in [6, 6.07) is 5.93. The summed E-state index contributed by atoms with van der Waals surface area (Å²) >= 11 is 0. The number of phenolic OH excluding ortho intramolecular Hbond substituents is 1. The molecule has 0 aliphatic carbocycles. The molecule has 7 nitrogen and oxygen atoms in total. The number of anilines is 1. The number of hydrogen-bond acceptors (Lipinski definition) is 5. The van der Waals surface area contributed by atoms with Crippen molar-refractivity contribution in [3.8, 4) is 5.75 Å². The molecule has 0 atom stereocenters. The number of phenols is 1. The molecule has 2 rings (SSSR count). The van der Waals surface area contributed by atoms with Gasteiger partial charge in [-0.15, -0.1) is 0 Å². The number of aromatic hydroxyl groups is 1. The Labute approximate surface area is 129 Å². The topological polar surface area (TPSA) is 90.9 Å². The largest absolute Gasteiger partial charge is 0.508 e. The average molecular weight is 307 g/mol.